The molecule has 0 saturated carbocycles. The van der Waals surface area contributed by atoms with E-state index < -0.39 is 72.6 Å². The zero-order chi connectivity index (χ0) is 27.6. The van der Waals surface area contributed by atoms with Crippen LogP contribution < -0.4 is 16.5 Å². The predicted molar refractivity (Wildman–Crippen MR) is 124 cm³/mol. The van der Waals surface area contributed by atoms with Gasteiger partial charge >= 0.3 is 11.9 Å². The van der Waals surface area contributed by atoms with Crippen molar-refractivity contribution >= 4 is 41.9 Å². The van der Waals surface area contributed by atoms with Crippen molar-refractivity contribution in [2.45, 2.75) is 83.5 Å². The number of carboxylic acid groups (broad SMARTS) is 2. The average Bonchev–Trinajstić information content (AvgIpc) is 3.27. The SMILES string of the molecule is CC(=O)N[C@@H](CC(C)C)C(=O)N[C@@H](CCC(=O)O)C(=O)N1CCCC1C(=O)N(N)[C@H](C=O)CC(=O)O. The maximum atomic E-state index is 13.4. The lowest BCUT2D eigenvalue weighted by Gasteiger charge is -2.32. The molecule has 1 aliphatic heterocycles. The van der Waals surface area contributed by atoms with Gasteiger partial charge in [0.05, 0.1) is 6.42 Å². The molecule has 36 heavy (non-hydrogen) atoms. The first kappa shape index (κ1) is 30.5. The molecule has 6 N–H and O–H groups in total. The van der Waals surface area contributed by atoms with E-state index in [2.05, 4.69) is 10.6 Å². The summed E-state index contributed by atoms with van der Waals surface area (Å²) in [5.41, 5.74) is 0. The standard InChI is InChI=1S/C22H35N5O9/c1-12(2)9-16(24-13(3)29)20(34)25-15(6-7-18(30)31)21(35)26-8-4-5-17(26)22(36)27(23)14(11-28)10-19(32)33/h11-12,14-17H,4-10,23H2,1-3H3,(H,24,29)(H,25,34)(H,30,31)(H,32,33)/t14-,15-,16-,17?/m0/s1. The Balaban J connectivity index is 3.12. The van der Waals surface area contributed by atoms with Crippen molar-refractivity contribution in [2.75, 3.05) is 6.54 Å². The van der Waals surface area contributed by atoms with Crippen LogP contribution in [0.3, 0.4) is 0 Å². The lowest BCUT2D eigenvalue weighted by Crippen LogP contribution is -2.59. The minimum absolute atomic E-state index is 0.0217. The number of aliphatic carboxylic acids is 2. The molecule has 1 heterocycles. The predicted octanol–water partition coefficient (Wildman–Crippen LogP) is -1.38. The topological polar surface area (TPSA) is 217 Å². The molecule has 202 valence electrons. The van der Waals surface area contributed by atoms with Gasteiger partial charge in [0.25, 0.3) is 5.91 Å². The number of rotatable bonds is 14. The van der Waals surface area contributed by atoms with Crippen LogP contribution >= 0.6 is 0 Å². The Kier molecular flexibility index (Phi) is 12.0. The lowest BCUT2D eigenvalue weighted by atomic mass is 10.0. The highest BCUT2D eigenvalue weighted by molar-refractivity contribution is 5.95. The molecule has 14 nitrogen and oxygen atoms in total. The Morgan fingerprint density at radius 2 is 1.72 bits per heavy atom. The minimum Gasteiger partial charge on any atom is -0.481 e. The summed E-state index contributed by atoms with van der Waals surface area (Å²) in [5.74, 6) is 0.489. The van der Waals surface area contributed by atoms with E-state index in [1.54, 1.807) is 0 Å². The van der Waals surface area contributed by atoms with Crippen molar-refractivity contribution in [3.05, 3.63) is 0 Å². The number of carbonyl (C=O) groups is 7. The van der Waals surface area contributed by atoms with Gasteiger partial charge in [-0.1, -0.05) is 13.8 Å². The van der Waals surface area contributed by atoms with Crippen molar-refractivity contribution in [1.29, 1.82) is 0 Å². The largest absolute Gasteiger partial charge is 0.481 e. The molecule has 4 amide bonds. The van der Waals surface area contributed by atoms with Gasteiger partial charge in [0.2, 0.25) is 17.7 Å². The van der Waals surface area contributed by atoms with Crippen LogP contribution in [-0.4, -0.2) is 92.7 Å². The van der Waals surface area contributed by atoms with Gasteiger partial charge in [-0.2, -0.15) is 0 Å². The molecule has 1 rings (SSSR count). The van der Waals surface area contributed by atoms with E-state index in [4.69, 9.17) is 16.1 Å². The van der Waals surface area contributed by atoms with Gasteiger partial charge in [-0.15, -0.1) is 0 Å². The second-order valence-corrected chi connectivity index (χ2v) is 9.11. The van der Waals surface area contributed by atoms with Gasteiger partial charge in [0.15, 0.2) is 0 Å². The molecule has 1 aliphatic rings. The number of hydrogen-bond donors (Lipinski definition) is 5. The Bertz CT molecular complexity index is 863. The minimum atomic E-state index is -1.44. The first-order chi connectivity index (χ1) is 16.8. The van der Waals surface area contributed by atoms with E-state index in [0.717, 1.165) is 4.90 Å². The van der Waals surface area contributed by atoms with Crippen molar-refractivity contribution in [3.63, 3.8) is 0 Å². The fraction of sp³-hybridized carbons (Fsp3) is 0.682. The maximum absolute atomic E-state index is 13.4. The summed E-state index contributed by atoms with van der Waals surface area (Å²) in [6, 6.07) is -4.82. The van der Waals surface area contributed by atoms with Gasteiger partial charge in [0, 0.05) is 19.9 Å². The fourth-order valence-electron chi connectivity index (χ4n) is 3.96. The third-order valence-electron chi connectivity index (χ3n) is 5.64. The monoisotopic (exact) mass is 513 g/mol. The quantitative estimate of drug-likeness (QED) is 0.0793. The van der Waals surface area contributed by atoms with Crippen molar-refractivity contribution in [2.24, 2.45) is 11.8 Å². The van der Waals surface area contributed by atoms with Gasteiger partial charge in [0.1, 0.15) is 30.5 Å². The Labute approximate surface area is 208 Å². The van der Waals surface area contributed by atoms with Gasteiger partial charge in [-0.3, -0.25) is 33.8 Å². The van der Waals surface area contributed by atoms with Crippen LogP contribution in [0.1, 0.15) is 59.3 Å². The molecule has 1 fully saturated rings. The van der Waals surface area contributed by atoms with Crippen LogP contribution in [0.5, 0.6) is 0 Å². The number of likely N-dealkylation sites (tertiary alicyclic amines) is 1. The third-order valence-corrected chi connectivity index (χ3v) is 5.64. The molecule has 1 unspecified atom stereocenters. The van der Waals surface area contributed by atoms with Crippen molar-refractivity contribution in [3.8, 4) is 0 Å². The molecule has 0 aromatic rings. The van der Waals surface area contributed by atoms with E-state index in [9.17, 15) is 33.6 Å². The molecular weight excluding hydrogens is 478 g/mol. The highest BCUT2D eigenvalue weighted by Gasteiger charge is 2.41. The van der Waals surface area contributed by atoms with Gasteiger partial charge < -0.3 is 30.5 Å². The highest BCUT2D eigenvalue weighted by atomic mass is 16.4. The van der Waals surface area contributed by atoms with Crippen LogP contribution in [0, 0.1) is 5.92 Å². The number of carboxylic acids is 2. The summed E-state index contributed by atoms with van der Waals surface area (Å²) < 4.78 is 0. The van der Waals surface area contributed by atoms with Crippen LogP contribution in [0.15, 0.2) is 0 Å². The zero-order valence-electron chi connectivity index (χ0n) is 20.6. The number of hydrogen-bond acceptors (Lipinski definition) is 8. The molecule has 0 radical (unpaired) electrons. The third kappa shape index (κ3) is 9.24. The second-order valence-electron chi connectivity index (χ2n) is 9.11. The summed E-state index contributed by atoms with van der Waals surface area (Å²) in [6.45, 7) is 5.02. The zero-order valence-corrected chi connectivity index (χ0v) is 20.6. The molecule has 0 aromatic heterocycles. The average molecular weight is 514 g/mol. The maximum Gasteiger partial charge on any atom is 0.305 e. The van der Waals surface area contributed by atoms with Gasteiger partial charge in [-0.05, 0) is 31.6 Å². The molecule has 4 atom stereocenters. The smallest absolute Gasteiger partial charge is 0.305 e. The van der Waals surface area contributed by atoms with E-state index in [1.807, 2.05) is 13.8 Å². The summed E-state index contributed by atoms with van der Waals surface area (Å²) in [5, 5.41) is 23.6. The molecule has 14 heteroatoms. The van der Waals surface area contributed by atoms with Crippen LogP contribution in [0.25, 0.3) is 0 Å². The second kappa shape index (κ2) is 14.1. The number of nitrogens with two attached hydrogens (primary N) is 1. The van der Waals surface area contributed by atoms with E-state index in [-0.39, 0.29) is 38.0 Å². The molecule has 0 bridgehead atoms. The fourth-order valence-corrected chi connectivity index (χ4v) is 3.96. The Morgan fingerprint density at radius 3 is 2.22 bits per heavy atom. The van der Waals surface area contributed by atoms with Crippen molar-refractivity contribution < 1.29 is 43.8 Å². The number of aldehydes is 1. The number of carbonyl (C=O) groups excluding carboxylic acids is 5. The number of hydrazine groups is 1. The number of amides is 4. The molecule has 1 saturated heterocycles. The summed E-state index contributed by atoms with van der Waals surface area (Å²) in [7, 11) is 0. The summed E-state index contributed by atoms with van der Waals surface area (Å²) in [4.78, 5) is 85.3. The first-order valence-electron chi connectivity index (χ1n) is 11.6. The summed E-state index contributed by atoms with van der Waals surface area (Å²) in [6.07, 6.45) is -0.375. The van der Waals surface area contributed by atoms with Gasteiger partial charge in [-0.25, -0.2) is 5.84 Å². The number of nitrogens with one attached hydrogen (secondary N) is 2. The first-order valence-corrected chi connectivity index (χ1v) is 11.6. The number of nitrogens with zero attached hydrogens (tertiary/aromatic N) is 2. The molecule has 0 aromatic carbocycles. The normalized spacial score (nSPS) is 17.6. The van der Waals surface area contributed by atoms with E-state index >= 15 is 0 Å². The van der Waals surface area contributed by atoms with Crippen molar-refractivity contribution in [1.82, 2.24) is 20.5 Å². The van der Waals surface area contributed by atoms with Crippen LogP contribution in [-0.2, 0) is 33.6 Å². The Morgan fingerprint density at radius 1 is 1.08 bits per heavy atom. The highest BCUT2D eigenvalue weighted by Crippen LogP contribution is 2.22. The van der Waals surface area contributed by atoms with E-state index in [0.29, 0.717) is 11.4 Å². The lowest BCUT2D eigenvalue weighted by molar-refractivity contribution is -0.150. The van der Waals surface area contributed by atoms with E-state index in [1.165, 1.54) is 6.92 Å². The molecular formula is C22H35N5O9. The molecule has 0 aliphatic carbocycles. The molecule has 0 spiro atoms. The van der Waals surface area contributed by atoms with Crippen LogP contribution in [0.2, 0.25) is 0 Å². The Hall–Kier alpha value is -3.55. The van der Waals surface area contributed by atoms with Crippen LogP contribution in [0.4, 0.5) is 0 Å². The summed E-state index contributed by atoms with van der Waals surface area (Å²) >= 11 is 0.